The van der Waals surface area contributed by atoms with Crippen molar-refractivity contribution in [3.8, 4) is 11.5 Å². The minimum absolute atomic E-state index is 0.0662. The number of hydrogen-bond donors (Lipinski definition) is 1. The van der Waals surface area contributed by atoms with Gasteiger partial charge in [0.25, 0.3) is 0 Å². The monoisotopic (exact) mass is 375 g/mol. The minimum Gasteiger partial charge on any atom is -0.494 e. The second-order valence-corrected chi connectivity index (χ2v) is 7.04. The van der Waals surface area contributed by atoms with E-state index < -0.39 is 0 Å². The Morgan fingerprint density at radius 3 is 2.50 bits per heavy atom. The largest absolute Gasteiger partial charge is 0.494 e. The first-order chi connectivity index (χ1) is 13.7. The molecule has 0 spiro atoms. The Kier molecular flexibility index (Phi) is 7.36. The van der Waals surface area contributed by atoms with Gasteiger partial charge in [-0.1, -0.05) is 54.6 Å². The van der Waals surface area contributed by atoms with Gasteiger partial charge in [-0.3, -0.25) is 0 Å². The van der Waals surface area contributed by atoms with Crippen LogP contribution in [0.25, 0.3) is 0 Å². The molecule has 28 heavy (non-hydrogen) atoms. The van der Waals surface area contributed by atoms with Crippen molar-refractivity contribution in [3.05, 3.63) is 90.0 Å². The van der Waals surface area contributed by atoms with Crippen LogP contribution in [0.1, 0.15) is 24.5 Å². The van der Waals surface area contributed by atoms with Crippen LogP contribution >= 0.6 is 0 Å². The molecule has 0 amide bonds. The number of benzene rings is 3. The number of hydrogen-bond acceptors (Lipinski definition) is 3. The SMILES string of the molecule is Cc1ccccc1O[C@H](C)CNc1cccc(OCCCc2ccccc2)c1. The summed E-state index contributed by atoms with van der Waals surface area (Å²) in [5.74, 6) is 1.83. The zero-order valence-corrected chi connectivity index (χ0v) is 16.7. The predicted molar refractivity (Wildman–Crippen MR) is 116 cm³/mol. The van der Waals surface area contributed by atoms with Gasteiger partial charge in [-0.15, -0.1) is 0 Å². The highest BCUT2D eigenvalue weighted by Crippen LogP contribution is 2.20. The Bertz CT molecular complexity index is 848. The van der Waals surface area contributed by atoms with Crippen molar-refractivity contribution in [2.45, 2.75) is 32.8 Å². The van der Waals surface area contributed by atoms with E-state index in [-0.39, 0.29) is 6.10 Å². The molecule has 0 aliphatic heterocycles. The lowest BCUT2D eigenvalue weighted by molar-refractivity contribution is 0.233. The van der Waals surface area contributed by atoms with E-state index in [0.29, 0.717) is 6.61 Å². The fourth-order valence-electron chi connectivity index (χ4n) is 3.02. The average molecular weight is 376 g/mol. The summed E-state index contributed by atoms with van der Waals surface area (Å²) in [5.41, 5.74) is 3.55. The highest BCUT2D eigenvalue weighted by molar-refractivity contribution is 5.48. The molecule has 3 heteroatoms. The van der Waals surface area contributed by atoms with Crippen molar-refractivity contribution < 1.29 is 9.47 Å². The maximum absolute atomic E-state index is 6.02. The highest BCUT2D eigenvalue weighted by Gasteiger charge is 2.06. The first kappa shape index (κ1) is 19.8. The van der Waals surface area contributed by atoms with Crippen molar-refractivity contribution in [1.82, 2.24) is 0 Å². The molecule has 0 unspecified atom stereocenters. The van der Waals surface area contributed by atoms with E-state index in [1.165, 1.54) is 5.56 Å². The molecule has 0 radical (unpaired) electrons. The Morgan fingerprint density at radius 1 is 0.893 bits per heavy atom. The molecule has 3 rings (SSSR count). The van der Waals surface area contributed by atoms with Crippen molar-refractivity contribution in [2.75, 3.05) is 18.5 Å². The smallest absolute Gasteiger partial charge is 0.122 e. The van der Waals surface area contributed by atoms with Gasteiger partial charge in [0.05, 0.1) is 13.2 Å². The van der Waals surface area contributed by atoms with E-state index in [2.05, 4.69) is 55.6 Å². The fraction of sp³-hybridized carbons (Fsp3) is 0.280. The summed E-state index contributed by atoms with van der Waals surface area (Å²) in [6, 6.07) is 26.7. The lowest BCUT2D eigenvalue weighted by atomic mass is 10.1. The van der Waals surface area contributed by atoms with Gasteiger partial charge in [0.15, 0.2) is 0 Å². The molecule has 0 saturated heterocycles. The molecule has 0 fully saturated rings. The van der Waals surface area contributed by atoms with Gasteiger partial charge in [0, 0.05) is 11.8 Å². The molecule has 3 aromatic rings. The van der Waals surface area contributed by atoms with Crippen molar-refractivity contribution in [2.24, 2.45) is 0 Å². The van der Waals surface area contributed by atoms with E-state index in [9.17, 15) is 0 Å². The van der Waals surface area contributed by atoms with Crippen LogP contribution in [0.2, 0.25) is 0 Å². The van der Waals surface area contributed by atoms with Crippen LogP contribution in [0.15, 0.2) is 78.9 Å². The number of rotatable bonds is 10. The number of para-hydroxylation sites is 1. The van der Waals surface area contributed by atoms with Gasteiger partial charge in [0.1, 0.15) is 17.6 Å². The highest BCUT2D eigenvalue weighted by atomic mass is 16.5. The number of aryl methyl sites for hydroxylation is 2. The third kappa shape index (κ3) is 6.34. The summed E-state index contributed by atoms with van der Waals surface area (Å²) in [7, 11) is 0. The quantitative estimate of drug-likeness (QED) is 0.448. The van der Waals surface area contributed by atoms with Gasteiger partial charge in [-0.2, -0.15) is 0 Å². The molecule has 0 aliphatic rings. The summed E-state index contributed by atoms with van der Waals surface area (Å²) in [6.07, 6.45) is 2.10. The molecular formula is C25H29NO2. The second kappa shape index (κ2) is 10.4. The van der Waals surface area contributed by atoms with Gasteiger partial charge >= 0.3 is 0 Å². The molecule has 0 saturated carbocycles. The molecule has 0 aliphatic carbocycles. The van der Waals surface area contributed by atoms with E-state index in [1.807, 2.05) is 42.5 Å². The fourth-order valence-corrected chi connectivity index (χ4v) is 3.02. The topological polar surface area (TPSA) is 30.5 Å². The Morgan fingerprint density at radius 2 is 1.68 bits per heavy atom. The van der Waals surface area contributed by atoms with Gasteiger partial charge < -0.3 is 14.8 Å². The standard InChI is InChI=1S/C25H29NO2/c1-20-10-6-7-16-25(20)28-21(2)19-26-23-14-8-15-24(18-23)27-17-9-13-22-11-4-3-5-12-22/h3-8,10-12,14-16,18,21,26H,9,13,17,19H2,1-2H3/t21-/m1/s1. The average Bonchev–Trinajstić information content (AvgIpc) is 2.73. The molecule has 0 heterocycles. The molecule has 3 aromatic carbocycles. The third-order valence-electron chi connectivity index (χ3n) is 4.57. The molecule has 0 aromatic heterocycles. The minimum atomic E-state index is 0.0662. The summed E-state index contributed by atoms with van der Waals surface area (Å²) in [5, 5.41) is 3.44. The first-order valence-electron chi connectivity index (χ1n) is 9.93. The van der Waals surface area contributed by atoms with E-state index in [0.717, 1.165) is 42.1 Å². The lowest BCUT2D eigenvalue weighted by Crippen LogP contribution is -2.23. The zero-order valence-electron chi connectivity index (χ0n) is 16.7. The Labute approximate surface area is 168 Å². The summed E-state index contributed by atoms with van der Waals surface area (Å²) in [6.45, 7) is 5.58. The van der Waals surface area contributed by atoms with Gasteiger partial charge in [-0.25, -0.2) is 0 Å². The van der Waals surface area contributed by atoms with Gasteiger partial charge in [0.2, 0.25) is 0 Å². The number of anilines is 1. The molecule has 0 bridgehead atoms. The van der Waals surface area contributed by atoms with Crippen molar-refractivity contribution in [1.29, 1.82) is 0 Å². The predicted octanol–water partition coefficient (Wildman–Crippen LogP) is 5.89. The molecule has 3 nitrogen and oxygen atoms in total. The van der Waals surface area contributed by atoms with E-state index in [1.54, 1.807) is 0 Å². The van der Waals surface area contributed by atoms with Crippen LogP contribution in [0.3, 0.4) is 0 Å². The third-order valence-corrected chi connectivity index (χ3v) is 4.57. The maximum atomic E-state index is 6.02. The Balaban J connectivity index is 1.42. The van der Waals surface area contributed by atoms with Crippen LogP contribution in [-0.4, -0.2) is 19.3 Å². The normalized spacial score (nSPS) is 11.6. The van der Waals surface area contributed by atoms with E-state index >= 15 is 0 Å². The molecule has 146 valence electrons. The zero-order chi connectivity index (χ0) is 19.6. The summed E-state index contributed by atoms with van der Waals surface area (Å²) >= 11 is 0. The van der Waals surface area contributed by atoms with Crippen LogP contribution in [0.4, 0.5) is 5.69 Å². The molecule has 1 atom stereocenters. The lowest BCUT2D eigenvalue weighted by Gasteiger charge is -2.18. The van der Waals surface area contributed by atoms with Crippen LogP contribution < -0.4 is 14.8 Å². The van der Waals surface area contributed by atoms with Crippen LogP contribution in [-0.2, 0) is 6.42 Å². The number of nitrogens with one attached hydrogen (secondary N) is 1. The van der Waals surface area contributed by atoms with Crippen molar-refractivity contribution >= 4 is 5.69 Å². The summed E-state index contributed by atoms with van der Waals surface area (Å²) in [4.78, 5) is 0. The molecule has 1 N–H and O–H groups in total. The number of ether oxygens (including phenoxy) is 2. The molecular weight excluding hydrogens is 346 g/mol. The first-order valence-corrected chi connectivity index (χ1v) is 9.93. The summed E-state index contributed by atoms with van der Waals surface area (Å²) < 4.78 is 11.9. The van der Waals surface area contributed by atoms with Crippen LogP contribution in [0.5, 0.6) is 11.5 Å². The van der Waals surface area contributed by atoms with E-state index in [4.69, 9.17) is 9.47 Å². The Hall–Kier alpha value is -2.94. The van der Waals surface area contributed by atoms with Gasteiger partial charge in [-0.05, 0) is 56.0 Å². The maximum Gasteiger partial charge on any atom is 0.122 e. The second-order valence-electron chi connectivity index (χ2n) is 7.04. The van der Waals surface area contributed by atoms with Crippen LogP contribution in [0, 0.1) is 6.92 Å². The van der Waals surface area contributed by atoms with Crippen molar-refractivity contribution in [3.63, 3.8) is 0 Å².